The second-order valence-corrected chi connectivity index (χ2v) is 3.86. The third kappa shape index (κ3) is 4.53. The van der Waals surface area contributed by atoms with Gasteiger partial charge in [-0.15, -0.1) is 0 Å². The summed E-state index contributed by atoms with van der Waals surface area (Å²) in [5.41, 5.74) is 6.80. The number of nitrogens with two attached hydrogens (primary N) is 1. The highest BCUT2D eigenvalue weighted by molar-refractivity contribution is 5.77. The normalized spacial score (nSPS) is 11.6. The fourth-order valence-corrected chi connectivity index (χ4v) is 1.46. The predicted octanol–water partition coefficient (Wildman–Crippen LogP) is 0.711. The molecule has 0 radical (unpaired) electrons. The molecular formula is C13H17N3O2. The summed E-state index contributed by atoms with van der Waals surface area (Å²) in [5, 5.41) is 11.5. The van der Waals surface area contributed by atoms with E-state index in [2.05, 4.69) is 5.32 Å². The quantitative estimate of drug-likeness (QED) is 0.725. The summed E-state index contributed by atoms with van der Waals surface area (Å²) >= 11 is 0. The van der Waals surface area contributed by atoms with E-state index < -0.39 is 0 Å². The van der Waals surface area contributed by atoms with E-state index in [0.717, 1.165) is 5.56 Å². The SMILES string of the molecule is CC(NC(=O)COCCN)c1ccc(C#N)cc1. The van der Waals surface area contributed by atoms with Crippen LogP contribution in [0.25, 0.3) is 0 Å². The van der Waals surface area contributed by atoms with Crippen LogP contribution in [0.3, 0.4) is 0 Å². The van der Waals surface area contributed by atoms with Gasteiger partial charge in [-0.2, -0.15) is 5.26 Å². The monoisotopic (exact) mass is 247 g/mol. The third-order valence-corrected chi connectivity index (χ3v) is 2.41. The number of carbonyl (C=O) groups is 1. The lowest BCUT2D eigenvalue weighted by atomic mass is 10.1. The molecule has 96 valence electrons. The van der Waals surface area contributed by atoms with Gasteiger partial charge in [-0.3, -0.25) is 4.79 Å². The Morgan fingerprint density at radius 2 is 2.17 bits per heavy atom. The van der Waals surface area contributed by atoms with E-state index in [9.17, 15) is 4.79 Å². The second-order valence-electron chi connectivity index (χ2n) is 3.86. The molecule has 0 spiro atoms. The third-order valence-electron chi connectivity index (χ3n) is 2.41. The van der Waals surface area contributed by atoms with Crippen molar-refractivity contribution < 1.29 is 9.53 Å². The summed E-state index contributed by atoms with van der Waals surface area (Å²) in [6, 6.07) is 9.03. The van der Waals surface area contributed by atoms with E-state index in [1.807, 2.05) is 25.1 Å². The molecule has 0 saturated carbocycles. The van der Waals surface area contributed by atoms with Crippen LogP contribution in [0.1, 0.15) is 24.1 Å². The number of hydrogen-bond acceptors (Lipinski definition) is 4. The summed E-state index contributed by atoms with van der Waals surface area (Å²) in [4.78, 5) is 11.5. The van der Waals surface area contributed by atoms with Crippen molar-refractivity contribution in [3.8, 4) is 6.07 Å². The first-order chi connectivity index (χ1) is 8.67. The molecule has 5 heteroatoms. The molecule has 0 fully saturated rings. The number of hydrogen-bond donors (Lipinski definition) is 2. The number of nitriles is 1. The van der Waals surface area contributed by atoms with Gasteiger partial charge in [0.1, 0.15) is 6.61 Å². The van der Waals surface area contributed by atoms with E-state index >= 15 is 0 Å². The van der Waals surface area contributed by atoms with Crippen molar-refractivity contribution in [2.24, 2.45) is 5.73 Å². The molecule has 1 atom stereocenters. The average molecular weight is 247 g/mol. The zero-order valence-electron chi connectivity index (χ0n) is 10.3. The fraction of sp³-hybridized carbons (Fsp3) is 0.385. The van der Waals surface area contributed by atoms with Crippen LogP contribution >= 0.6 is 0 Å². The van der Waals surface area contributed by atoms with E-state index in [1.54, 1.807) is 12.1 Å². The Morgan fingerprint density at radius 3 is 2.72 bits per heavy atom. The van der Waals surface area contributed by atoms with E-state index in [1.165, 1.54) is 0 Å². The van der Waals surface area contributed by atoms with E-state index in [0.29, 0.717) is 18.7 Å². The molecule has 1 rings (SSSR count). The Kier molecular flexibility index (Phi) is 5.85. The van der Waals surface area contributed by atoms with Gasteiger partial charge < -0.3 is 15.8 Å². The van der Waals surface area contributed by atoms with Crippen molar-refractivity contribution in [2.75, 3.05) is 19.8 Å². The molecule has 0 saturated heterocycles. The maximum Gasteiger partial charge on any atom is 0.246 e. The highest BCUT2D eigenvalue weighted by Gasteiger charge is 2.09. The van der Waals surface area contributed by atoms with Crippen molar-refractivity contribution in [3.63, 3.8) is 0 Å². The van der Waals surface area contributed by atoms with Gasteiger partial charge in [0.25, 0.3) is 0 Å². The largest absolute Gasteiger partial charge is 0.370 e. The van der Waals surface area contributed by atoms with Crippen molar-refractivity contribution in [2.45, 2.75) is 13.0 Å². The summed E-state index contributed by atoms with van der Waals surface area (Å²) in [6.45, 7) is 2.66. The molecule has 0 aliphatic heterocycles. The van der Waals surface area contributed by atoms with Crippen molar-refractivity contribution in [3.05, 3.63) is 35.4 Å². The van der Waals surface area contributed by atoms with Gasteiger partial charge in [-0.05, 0) is 24.6 Å². The van der Waals surface area contributed by atoms with Gasteiger partial charge in [0.2, 0.25) is 5.91 Å². The molecule has 1 unspecified atom stereocenters. The van der Waals surface area contributed by atoms with Crippen LogP contribution in [0.2, 0.25) is 0 Å². The zero-order chi connectivity index (χ0) is 13.4. The molecule has 0 aliphatic carbocycles. The molecule has 1 amide bonds. The molecule has 1 aromatic carbocycles. The van der Waals surface area contributed by atoms with Crippen LogP contribution in [-0.4, -0.2) is 25.7 Å². The zero-order valence-corrected chi connectivity index (χ0v) is 10.3. The standard InChI is InChI=1S/C13H17N3O2/c1-10(16-13(17)9-18-7-6-14)12-4-2-11(8-15)3-5-12/h2-5,10H,6-7,9,14H2,1H3,(H,16,17). The highest BCUT2D eigenvalue weighted by Crippen LogP contribution is 2.12. The Hall–Kier alpha value is -1.90. The van der Waals surface area contributed by atoms with Gasteiger partial charge in [-0.25, -0.2) is 0 Å². The summed E-state index contributed by atoms with van der Waals surface area (Å²) in [6.07, 6.45) is 0. The summed E-state index contributed by atoms with van der Waals surface area (Å²) in [7, 11) is 0. The lowest BCUT2D eigenvalue weighted by Gasteiger charge is -2.14. The molecule has 5 nitrogen and oxygen atoms in total. The maximum absolute atomic E-state index is 11.5. The molecule has 3 N–H and O–H groups in total. The van der Waals surface area contributed by atoms with Crippen molar-refractivity contribution in [1.82, 2.24) is 5.32 Å². The average Bonchev–Trinajstić information content (AvgIpc) is 2.39. The van der Waals surface area contributed by atoms with Gasteiger partial charge in [0.05, 0.1) is 24.3 Å². The minimum Gasteiger partial charge on any atom is -0.370 e. The van der Waals surface area contributed by atoms with Crippen LogP contribution in [0, 0.1) is 11.3 Å². The van der Waals surface area contributed by atoms with Crippen LogP contribution < -0.4 is 11.1 Å². The van der Waals surface area contributed by atoms with Gasteiger partial charge >= 0.3 is 0 Å². The number of ether oxygens (including phenoxy) is 1. The van der Waals surface area contributed by atoms with Crippen molar-refractivity contribution >= 4 is 5.91 Å². The first-order valence-electron chi connectivity index (χ1n) is 5.74. The Bertz CT molecular complexity index is 423. The number of amides is 1. The molecule has 0 aliphatic rings. The first kappa shape index (κ1) is 14.2. The predicted molar refractivity (Wildman–Crippen MR) is 67.6 cm³/mol. The first-order valence-corrected chi connectivity index (χ1v) is 5.74. The minimum atomic E-state index is -0.180. The molecule has 0 bridgehead atoms. The summed E-state index contributed by atoms with van der Waals surface area (Å²) in [5.74, 6) is -0.180. The van der Waals surface area contributed by atoms with Crippen LogP contribution in [-0.2, 0) is 9.53 Å². The van der Waals surface area contributed by atoms with Gasteiger partial charge in [-0.1, -0.05) is 12.1 Å². The molecule has 0 heterocycles. The number of carbonyl (C=O) groups excluding carboxylic acids is 1. The number of benzene rings is 1. The number of rotatable bonds is 6. The molecule has 18 heavy (non-hydrogen) atoms. The van der Waals surface area contributed by atoms with Gasteiger partial charge in [0, 0.05) is 6.54 Å². The Morgan fingerprint density at radius 1 is 1.50 bits per heavy atom. The number of nitrogens with one attached hydrogen (secondary N) is 1. The van der Waals surface area contributed by atoms with E-state index in [-0.39, 0.29) is 18.6 Å². The van der Waals surface area contributed by atoms with Gasteiger partial charge in [0.15, 0.2) is 0 Å². The Labute approximate surface area is 107 Å². The van der Waals surface area contributed by atoms with Crippen LogP contribution in [0.5, 0.6) is 0 Å². The Balaban J connectivity index is 2.46. The molecular weight excluding hydrogens is 230 g/mol. The molecule has 0 aromatic heterocycles. The molecule has 1 aromatic rings. The van der Waals surface area contributed by atoms with Crippen molar-refractivity contribution in [1.29, 1.82) is 5.26 Å². The van der Waals surface area contributed by atoms with Crippen LogP contribution in [0.4, 0.5) is 0 Å². The lowest BCUT2D eigenvalue weighted by molar-refractivity contribution is -0.126. The second kappa shape index (κ2) is 7.43. The summed E-state index contributed by atoms with van der Waals surface area (Å²) < 4.78 is 5.04. The number of nitrogens with zero attached hydrogens (tertiary/aromatic N) is 1. The van der Waals surface area contributed by atoms with Crippen LogP contribution in [0.15, 0.2) is 24.3 Å². The minimum absolute atomic E-state index is 0.0117. The lowest BCUT2D eigenvalue weighted by Crippen LogP contribution is -2.30. The van der Waals surface area contributed by atoms with E-state index in [4.69, 9.17) is 15.7 Å². The topological polar surface area (TPSA) is 88.1 Å². The fourth-order valence-electron chi connectivity index (χ4n) is 1.46. The highest BCUT2D eigenvalue weighted by atomic mass is 16.5. The smallest absolute Gasteiger partial charge is 0.246 e. The maximum atomic E-state index is 11.5.